The molecule has 1 fully saturated rings. The van der Waals surface area contributed by atoms with Crippen LogP contribution < -0.4 is 5.32 Å². The number of rotatable bonds is 9. The normalized spacial score (nSPS) is 22.2. The van der Waals surface area contributed by atoms with Gasteiger partial charge in [0.05, 0.1) is 6.10 Å². The zero-order valence-electron chi connectivity index (χ0n) is 12.0. The van der Waals surface area contributed by atoms with Crippen LogP contribution in [-0.2, 0) is 4.74 Å². The highest BCUT2D eigenvalue weighted by Gasteiger charge is 2.15. The van der Waals surface area contributed by atoms with Crippen molar-refractivity contribution in [1.82, 2.24) is 5.32 Å². The summed E-state index contributed by atoms with van der Waals surface area (Å²) in [6.45, 7) is 10.2. The molecule has 1 heterocycles. The van der Waals surface area contributed by atoms with E-state index < -0.39 is 0 Å². The number of nitrogens with one attached hydrogen (secondary N) is 1. The Bertz CT molecular complexity index is 176. The van der Waals surface area contributed by atoms with E-state index >= 15 is 0 Å². The Morgan fingerprint density at radius 1 is 1.24 bits per heavy atom. The lowest BCUT2D eigenvalue weighted by atomic mass is 9.98. The van der Waals surface area contributed by atoms with Gasteiger partial charge in [-0.05, 0) is 50.6 Å². The van der Waals surface area contributed by atoms with Crippen molar-refractivity contribution < 1.29 is 4.74 Å². The van der Waals surface area contributed by atoms with Crippen molar-refractivity contribution in [3.05, 3.63) is 0 Å². The molecule has 0 aliphatic carbocycles. The van der Waals surface area contributed by atoms with E-state index in [9.17, 15) is 0 Å². The molecule has 0 radical (unpaired) electrons. The molecule has 0 saturated carbocycles. The lowest BCUT2D eigenvalue weighted by Crippen LogP contribution is -2.22. The van der Waals surface area contributed by atoms with Crippen LogP contribution >= 0.6 is 0 Å². The fraction of sp³-hybridized carbons (Fsp3) is 1.00. The van der Waals surface area contributed by atoms with Crippen LogP contribution in [0.5, 0.6) is 0 Å². The molecule has 0 bridgehead atoms. The third-order valence-electron chi connectivity index (χ3n) is 3.61. The first kappa shape index (κ1) is 15.0. The van der Waals surface area contributed by atoms with Crippen LogP contribution in [0, 0.1) is 11.8 Å². The van der Waals surface area contributed by atoms with E-state index in [4.69, 9.17) is 4.74 Å². The fourth-order valence-electron chi connectivity index (χ4n) is 2.45. The molecule has 2 atom stereocenters. The third-order valence-corrected chi connectivity index (χ3v) is 3.61. The quantitative estimate of drug-likeness (QED) is 0.623. The topological polar surface area (TPSA) is 21.3 Å². The first-order valence-electron chi connectivity index (χ1n) is 7.50. The summed E-state index contributed by atoms with van der Waals surface area (Å²) in [5.74, 6) is 1.63. The van der Waals surface area contributed by atoms with Crippen molar-refractivity contribution in [3.63, 3.8) is 0 Å². The van der Waals surface area contributed by atoms with E-state index in [1.54, 1.807) is 0 Å². The first-order chi connectivity index (χ1) is 8.18. The molecule has 0 spiro atoms. The van der Waals surface area contributed by atoms with Gasteiger partial charge in [-0.2, -0.15) is 0 Å². The highest BCUT2D eigenvalue weighted by molar-refractivity contribution is 4.66. The molecule has 2 nitrogen and oxygen atoms in total. The fourth-order valence-corrected chi connectivity index (χ4v) is 2.45. The van der Waals surface area contributed by atoms with Crippen molar-refractivity contribution in [2.45, 2.75) is 65.4 Å². The van der Waals surface area contributed by atoms with Gasteiger partial charge < -0.3 is 10.1 Å². The molecule has 102 valence electrons. The minimum absolute atomic E-state index is 0.585. The van der Waals surface area contributed by atoms with E-state index in [0.29, 0.717) is 6.10 Å². The Hall–Kier alpha value is -0.0800. The summed E-state index contributed by atoms with van der Waals surface area (Å²) in [4.78, 5) is 0. The van der Waals surface area contributed by atoms with Crippen LogP contribution in [0.2, 0.25) is 0 Å². The summed E-state index contributed by atoms with van der Waals surface area (Å²) in [6.07, 6.45) is 8.46. The van der Waals surface area contributed by atoms with Gasteiger partial charge in [-0.1, -0.05) is 33.6 Å². The summed E-state index contributed by atoms with van der Waals surface area (Å²) in [5.41, 5.74) is 0. The molecular weight excluding hydrogens is 210 g/mol. The summed E-state index contributed by atoms with van der Waals surface area (Å²) in [5, 5.41) is 3.52. The summed E-state index contributed by atoms with van der Waals surface area (Å²) in [7, 11) is 0. The summed E-state index contributed by atoms with van der Waals surface area (Å²) < 4.78 is 5.65. The van der Waals surface area contributed by atoms with Crippen molar-refractivity contribution in [2.24, 2.45) is 11.8 Å². The van der Waals surface area contributed by atoms with E-state index in [1.165, 1.54) is 45.1 Å². The third kappa shape index (κ3) is 7.77. The largest absolute Gasteiger partial charge is 0.378 e. The Morgan fingerprint density at radius 3 is 2.71 bits per heavy atom. The highest BCUT2D eigenvalue weighted by atomic mass is 16.5. The lowest BCUT2D eigenvalue weighted by Gasteiger charge is -2.14. The molecule has 2 unspecified atom stereocenters. The Balaban J connectivity index is 1.88. The molecule has 0 aromatic heterocycles. The van der Waals surface area contributed by atoms with Crippen molar-refractivity contribution >= 4 is 0 Å². The van der Waals surface area contributed by atoms with Gasteiger partial charge >= 0.3 is 0 Å². The average Bonchev–Trinajstić information content (AvgIpc) is 2.77. The van der Waals surface area contributed by atoms with Gasteiger partial charge in [0.2, 0.25) is 0 Å². The zero-order chi connectivity index (χ0) is 12.5. The molecular formula is C15H31NO. The molecule has 1 rings (SSSR count). The number of ether oxygens (including phenoxy) is 1. The lowest BCUT2D eigenvalue weighted by molar-refractivity contribution is 0.101. The second-order valence-electron chi connectivity index (χ2n) is 6.06. The molecule has 1 N–H and O–H groups in total. The highest BCUT2D eigenvalue weighted by Crippen LogP contribution is 2.20. The van der Waals surface area contributed by atoms with Gasteiger partial charge in [-0.25, -0.2) is 0 Å². The van der Waals surface area contributed by atoms with E-state index in [2.05, 4.69) is 26.1 Å². The van der Waals surface area contributed by atoms with Crippen LogP contribution in [0.15, 0.2) is 0 Å². The Kier molecular flexibility index (Phi) is 7.87. The van der Waals surface area contributed by atoms with Gasteiger partial charge in [-0.3, -0.25) is 0 Å². The van der Waals surface area contributed by atoms with Gasteiger partial charge in [-0.15, -0.1) is 0 Å². The van der Waals surface area contributed by atoms with Gasteiger partial charge in [0.15, 0.2) is 0 Å². The maximum atomic E-state index is 5.65. The van der Waals surface area contributed by atoms with Gasteiger partial charge in [0, 0.05) is 6.61 Å². The Labute approximate surface area is 108 Å². The minimum atomic E-state index is 0.585. The molecule has 1 aliphatic heterocycles. The SMILES string of the molecule is CC(C)CNCCC(C)CCCC1CCCO1. The Morgan fingerprint density at radius 2 is 2.06 bits per heavy atom. The molecule has 2 heteroatoms. The molecule has 1 aliphatic rings. The minimum Gasteiger partial charge on any atom is -0.378 e. The maximum Gasteiger partial charge on any atom is 0.0576 e. The first-order valence-corrected chi connectivity index (χ1v) is 7.50. The van der Waals surface area contributed by atoms with E-state index in [1.807, 2.05) is 0 Å². The van der Waals surface area contributed by atoms with E-state index in [-0.39, 0.29) is 0 Å². The molecule has 1 saturated heterocycles. The molecule has 0 aromatic carbocycles. The maximum absolute atomic E-state index is 5.65. The molecule has 0 aromatic rings. The van der Waals surface area contributed by atoms with Crippen molar-refractivity contribution in [3.8, 4) is 0 Å². The van der Waals surface area contributed by atoms with E-state index in [0.717, 1.165) is 25.0 Å². The molecule has 0 amide bonds. The van der Waals surface area contributed by atoms with Crippen molar-refractivity contribution in [1.29, 1.82) is 0 Å². The van der Waals surface area contributed by atoms with Crippen LogP contribution in [-0.4, -0.2) is 25.8 Å². The van der Waals surface area contributed by atoms with Crippen LogP contribution in [0.1, 0.15) is 59.3 Å². The predicted octanol–water partition coefficient (Wildman–Crippen LogP) is 3.61. The standard InChI is InChI=1S/C15H31NO/c1-13(2)12-16-10-9-14(3)6-4-7-15-8-5-11-17-15/h13-16H,4-12H2,1-3H3. The number of hydrogen-bond donors (Lipinski definition) is 1. The van der Waals surface area contributed by atoms with Crippen LogP contribution in [0.4, 0.5) is 0 Å². The zero-order valence-corrected chi connectivity index (χ0v) is 12.0. The van der Waals surface area contributed by atoms with Gasteiger partial charge in [0.1, 0.15) is 0 Å². The molecule has 17 heavy (non-hydrogen) atoms. The monoisotopic (exact) mass is 241 g/mol. The predicted molar refractivity (Wildman–Crippen MR) is 74.3 cm³/mol. The smallest absolute Gasteiger partial charge is 0.0576 e. The van der Waals surface area contributed by atoms with Crippen LogP contribution in [0.25, 0.3) is 0 Å². The summed E-state index contributed by atoms with van der Waals surface area (Å²) >= 11 is 0. The van der Waals surface area contributed by atoms with Crippen LogP contribution in [0.3, 0.4) is 0 Å². The average molecular weight is 241 g/mol. The summed E-state index contributed by atoms with van der Waals surface area (Å²) in [6, 6.07) is 0. The van der Waals surface area contributed by atoms with Crippen molar-refractivity contribution in [2.75, 3.05) is 19.7 Å². The number of hydrogen-bond acceptors (Lipinski definition) is 2. The second-order valence-corrected chi connectivity index (χ2v) is 6.06. The second kappa shape index (κ2) is 8.93. The van der Waals surface area contributed by atoms with Gasteiger partial charge in [0.25, 0.3) is 0 Å².